The van der Waals surface area contributed by atoms with Gasteiger partial charge >= 0.3 is 0 Å². The van der Waals surface area contributed by atoms with E-state index in [1.54, 1.807) is 6.92 Å². The van der Waals surface area contributed by atoms with Crippen molar-refractivity contribution in [3.05, 3.63) is 46.6 Å². The number of carbonyl (C=O) groups excluding carboxylic acids is 1. The Hall–Kier alpha value is -1.68. The predicted octanol–water partition coefficient (Wildman–Crippen LogP) is 3.40. The number of Topliss-reactive ketones (excluding diaryl/α,β-unsaturated/α-hetero) is 1. The van der Waals surface area contributed by atoms with E-state index in [0.29, 0.717) is 29.6 Å². The molecule has 1 heterocycles. The van der Waals surface area contributed by atoms with Crippen LogP contribution in [0, 0.1) is 0 Å². The Kier molecular flexibility index (Phi) is 4.32. The molecule has 2 aromatic rings. The second-order valence-electron chi connectivity index (χ2n) is 4.40. The van der Waals surface area contributed by atoms with Crippen LogP contribution in [-0.2, 0) is 11.2 Å². The van der Waals surface area contributed by atoms with Crippen molar-refractivity contribution in [2.75, 3.05) is 0 Å². The molecule has 1 aromatic heterocycles. The first-order valence-corrected chi connectivity index (χ1v) is 6.57. The highest BCUT2D eigenvalue weighted by Gasteiger charge is 2.20. The van der Waals surface area contributed by atoms with Gasteiger partial charge in [0.15, 0.2) is 5.82 Å². The predicted molar refractivity (Wildman–Crippen MR) is 72.3 cm³/mol. The van der Waals surface area contributed by atoms with Gasteiger partial charge in [0.2, 0.25) is 5.89 Å². The second kappa shape index (κ2) is 5.97. The molecule has 0 saturated carbocycles. The van der Waals surface area contributed by atoms with Gasteiger partial charge in [0, 0.05) is 17.9 Å². The summed E-state index contributed by atoms with van der Waals surface area (Å²) in [7, 11) is 0. The molecule has 1 atom stereocenters. The van der Waals surface area contributed by atoms with Crippen molar-refractivity contribution in [2.45, 2.75) is 32.6 Å². The molecule has 0 aliphatic heterocycles. The first-order valence-electron chi connectivity index (χ1n) is 6.19. The van der Waals surface area contributed by atoms with Crippen LogP contribution in [0.3, 0.4) is 0 Å². The van der Waals surface area contributed by atoms with Gasteiger partial charge in [-0.2, -0.15) is 4.98 Å². The average molecular weight is 279 g/mol. The van der Waals surface area contributed by atoms with E-state index in [4.69, 9.17) is 16.1 Å². The Labute approximate surface area is 116 Å². The van der Waals surface area contributed by atoms with Crippen molar-refractivity contribution in [2.24, 2.45) is 0 Å². The molecule has 100 valence electrons. The van der Waals surface area contributed by atoms with Gasteiger partial charge in [0.1, 0.15) is 5.78 Å². The third-order valence-corrected chi connectivity index (χ3v) is 3.17. The van der Waals surface area contributed by atoms with Crippen LogP contribution < -0.4 is 0 Å². The molecule has 0 amide bonds. The molecule has 0 bridgehead atoms. The summed E-state index contributed by atoms with van der Waals surface area (Å²) in [6, 6.07) is 7.50. The molecule has 0 radical (unpaired) electrons. The second-order valence-corrected chi connectivity index (χ2v) is 4.83. The number of rotatable bonds is 5. The molecular formula is C14H15ClN2O2. The van der Waals surface area contributed by atoms with Gasteiger partial charge in [0.05, 0.1) is 5.92 Å². The monoisotopic (exact) mass is 278 g/mol. The van der Waals surface area contributed by atoms with E-state index in [0.717, 1.165) is 5.56 Å². The number of hydrogen-bond acceptors (Lipinski definition) is 4. The molecule has 0 aliphatic rings. The summed E-state index contributed by atoms with van der Waals surface area (Å²) in [5.74, 6) is 0.695. The van der Waals surface area contributed by atoms with Crippen LogP contribution in [-0.4, -0.2) is 15.9 Å². The Balaban J connectivity index is 2.11. The molecular weight excluding hydrogens is 264 g/mol. The van der Waals surface area contributed by atoms with E-state index < -0.39 is 0 Å². The van der Waals surface area contributed by atoms with Crippen LogP contribution in [0.25, 0.3) is 0 Å². The normalized spacial score (nSPS) is 12.4. The van der Waals surface area contributed by atoms with Crippen molar-refractivity contribution in [1.29, 1.82) is 0 Å². The Morgan fingerprint density at radius 3 is 2.95 bits per heavy atom. The first kappa shape index (κ1) is 13.7. The van der Waals surface area contributed by atoms with E-state index in [-0.39, 0.29) is 11.7 Å². The molecule has 4 nitrogen and oxygen atoms in total. The molecule has 0 aliphatic carbocycles. The SMILES string of the molecule is CCC(=O)C(C)c1nc(Cc2cccc(Cl)c2)no1. The molecule has 0 fully saturated rings. The molecule has 1 unspecified atom stereocenters. The number of hydrogen-bond donors (Lipinski definition) is 0. The zero-order valence-corrected chi connectivity index (χ0v) is 11.6. The fourth-order valence-corrected chi connectivity index (χ4v) is 2.00. The molecule has 19 heavy (non-hydrogen) atoms. The van der Waals surface area contributed by atoms with Crippen molar-refractivity contribution in [3.8, 4) is 0 Å². The number of benzene rings is 1. The van der Waals surface area contributed by atoms with E-state index in [1.807, 2.05) is 31.2 Å². The number of aromatic nitrogens is 2. The number of halogens is 1. The van der Waals surface area contributed by atoms with Crippen LogP contribution in [0.5, 0.6) is 0 Å². The molecule has 0 N–H and O–H groups in total. The maximum atomic E-state index is 11.6. The first-order chi connectivity index (χ1) is 9.10. The largest absolute Gasteiger partial charge is 0.339 e. The summed E-state index contributed by atoms with van der Waals surface area (Å²) >= 11 is 5.92. The van der Waals surface area contributed by atoms with Gasteiger partial charge in [0.25, 0.3) is 0 Å². The zero-order chi connectivity index (χ0) is 13.8. The summed E-state index contributed by atoms with van der Waals surface area (Å²) in [5, 5.41) is 4.57. The Morgan fingerprint density at radius 2 is 2.26 bits per heavy atom. The van der Waals surface area contributed by atoms with Crippen LogP contribution in [0.2, 0.25) is 5.02 Å². The number of nitrogens with zero attached hydrogens (tertiary/aromatic N) is 2. The van der Waals surface area contributed by atoms with E-state index in [1.165, 1.54) is 0 Å². The smallest absolute Gasteiger partial charge is 0.236 e. The van der Waals surface area contributed by atoms with E-state index in [9.17, 15) is 4.79 Å². The lowest BCUT2D eigenvalue weighted by Crippen LogP contribution is -2.07. The third kappa shape index (κ3) is 3.41. The summed E-state index contributed by atoms with van der Waals surface area (Å²) < 4.78 is 5.14. The molecule has 2 rings (SSSR count). The van der Waals surface area contributed by atoms with Gasteiger partial charge in [-0.25, -0.2) is 0 Å². The Bertz CT molecular complexity index is 580. The van der Waals surface area contributed by atoms with E-state index in [2.05, 4.69) is 10.1 Å². The molecule has 0 saturated heterocycles. The highest BCUT2D eigenvalue weighted by molar-refractivity contribution is 6.30. The average Bonchev–Trinajstić information content (AvgIpc) is 2.85. The summed E-state index contributed by atoms with van der Waals surface area (Å²) in [5.41, 5.74) is 1.01. The van der Waals surface area contributed by atoms with Crippen molar-refractivity contribution in [3.63, 3.8) is 0 Å². The zero-order valence-electron chi connectivity index (χ0n) is 10.9. The maximum Gasteiger partial charge on any atom is 0.236 e. The van der Waals surface area contributed by atoms with Crippen LogP contribution >= 0.6 is 11.6 Å². The lowest BCUT2D eigenvalue weighted by atomic mass is 10.1. The summed E-state index contributed by atoms with van der Waals surface area (Å²) in [6.07, 6.45) is 1.00. The fraction of sp³-hybridized carbons (Fsp3) is 0.357. The molecule has 1 aromatic carbocycles. The van der Waals surface area contributed by atoms with Crippen molar-refractivity contribution < 1.29 is 9.32 Å². The maximum absolute atomic E-state index is 11.6. The number of carbonyl (C=O) groups is 1. The Morgan fingerprint density at radius 1 is 1.47 bits per heavy atom. The van der Waals surface area contributed by atoms with Crippen molar-refractivity contribution >= 4 is 17.4 Å². The van der Waals surface area contributed by atoms with Gasteiger partial charge in [-0.1, -0.05) is 35.8 Å². The quantitative estimate of drug-likeness (QED) is 0.841. The van der Waals surface area contributed by atoms with Gasteiger partial charge in [-0.05, 0) is 24.6 Å². The van der Waals surface area contributed by atoms with Crippen LogP contribution in [0.15, 0.2) is 28.8 Å². The lowest BCUT2D eigenvalue weighted by molar-refractivity contribution is -0.120. The summed E-state index contributed by atoms with van der Waals surface area (Å²) in [4.78, 5) is 15.8. The standard InChI is InChI=1S/C14H15ClN2O2/c1-3-12(18)9(2)14-16-13(17-19-14)8-10-5-4-6-11(15)7-10/h4-7,9H,3,8H2,1-2H3. The van der Waals surface area contributed by atoms with Crippen LogP contribution in [0.4, 0.5) is 0 Å². The lowest BCUT2D eigenvalue weighted by Gasteiger charge is -2.01. The topological polar surface area (TPSA) is 56.0 Å². The summed E-state index contributed by atoms with van der Waals surface area (Å²) in [6.45, 7) is 3.60. The van der Waals surface area contributed by atoms with Gasteiger partial charge in [-0.15, -0.1) is 0 Å². The van der Waals surface area contributed by atoms with Crippen LogP contribution in [0.1, 0.15) is 43.5 Å². The molecule has 5 heteroatoms. The van der Waals surface area contributed by atoms with Crippen molar-refractivity contribution in [1.82, 2.24) is 10.1 Å². The highest BCUT2D eigenvalue weighted by Crippen LogP contribution is 2.18. The van der Waals surface area contributed by atoms with Gasteiger partial charge in [-0.3, -0.25) is 4.79 Å². The van der Waals surface area contributed by atoms with E-state index >= 15 is 0 Å². The number of ketones is 1. The molecule has 0 spiro atoms. The third-order valence-electron chi connectivity index (χ3n) is 2.94. The highest BCUT2D eigenvalue weighted by atomic mass is 35.5. The minimum Gasteiger partial charge on any atom is -0.339 e. The minimum atomic E-state index is -0.342. The van der Waals surface area contributed by atoms with Gasteiger partial charge < -0.3 is 4.52 Å². The minimum absolute atomic E-state index is 0.0953. The fourth-order valence-electron chi connectivity index (χ4n) is 1.79.